The van der Waals surface area contributed by atoms with Gasteiger partial charge in [0.05, 0.1) is 4.90 Å². The molecule has 0 heterocycles. The summed E-state index contributed by atoms with van der Waals surface area (Å²) in [6.45, 7) is 0. The molecule has 78 valence electrons. The van der Waals surface area contributed by atoms with Crippen LogP contribution in [0.1, 0.15) is 12.0 Å². The fourth-order valence-electron chi connectivity index (χ4n) is 1.17. The topological polar surface area (TPSA) is 34.1 Å². The zero-order chi connectivity index (χ0) is 10.6. The van der Waals surface area contributed by atoms with Crippen molar-refractivity contribution in [1.29, 1.82) is 0 Å². The van der Waals surface area contributed by atoms with Crippen LogP contribution in [0.25, 0.3) is 0 Å². The summed E-state index contributed by atoms with van der Waals surface area (Å²) in [7, 11) is -3.05. The summed E-state index contributed by atoms with van der Waals surface area (Å²) in [5.74, 6) is 0. The normalized spacial score (nSPS) is 11.6. The summed E-state index contributed by atoms with van der Waals surface area (Å²) in [6.07, 6.45) is 3.27. The van der Waals surface area contributed by atoms with Gasteiger partial charge in [-0.2, -0.15) is 0 Å². The van der Waals surface area contributed by atoms with E-state index in [-0.39, 0.29) is 0 Å². The van der Waals surface area contributed by atoms with E-state index in [4.69, 9.17) is 0 Å². The third kappa shape index (κ3) is 3.42. The molecule has 0 saturated carbocycles. The lowest BCUT2D eigenvalue weighted by atomic mass is 10.1. The molecule has 0 aliphatic carbocycles. The maximum absolute atomic E-state index is 11.2. The van der Waals surface area contributed by atoms with Gasteiger partial charge in [0.2, 0.25) is 0 Å². The maximum Gasteiger partial charge on any atom is 0.175 e. The third-order valence-electron chi connectivity index (χ3n) is 1.95. The van der Waals surface area contributed by atoms with Crippen LogP contribution in [-0.2, 0) is 16.3 Å². The molecule has 0 aliphatic heterocycles. The first kappa shape index (κ1) is 11.7. The van der Waals surface area contributed by atoms with E-state index >= 15 is 0 Å². The highest BCUT2D eigenvalue weighted by molar-refractivity contribution is 9.09. The van der Waals surface area contributed by atoms with Gasteiger partial charge < -0.3 is 0 Å². The van der Waals surface area contributed by atoms with Crippen LogP contribution in [0.15, 0.2) is 29.2 Å². The molecule has 0 unspecified atom stereocenters. The molecule has 1 aromatic carbocycles. The fourth-order valence-corrected chi connectivity index (χ4v) is 2.09. The molecule has 0 bridgehead atoms. The molecule has 2 nitrogen and oxygen atoms in total. The van der Waals surface area contributed by atoms with Crippen molar-refractivity contribution < 1.29 is 8.42 Å². The first-order valence-electron chi connectivity index (χ1n) is 4.39. The van der Waals surface area contributed by atoms with Crippen LogP contribution in [0, 0.1) is 0 Å². The second kappa shape index (κ2) is 4.94. The van der Waals surface area contributed by atoms with Crippen molar-refractivity contribution in [3.63, 3.8) is 0 Å². The highest BCUT2D eigenvalue weighted by Gasteiger charge is 2.05. The van der Waals surface area contributed by atoms with Gasteiger partial charge >= 0.3 is 0 Å². The predicted molar refractivity (Wildman–Crippen MR) is 61.7 cm³/mol. The Kier molecular flexibility index (Phi) is 4.13. The SMILES string of the molecule is CS(=O)(=O)c1ccc(CCCBr)cc1. The standard InChI is InChI=1S/C10H13BrO2S/c1-14(12,13)10-6-4-9(5-7-10)3-2-8-11/h4-7H,2-3,8H2,1H3. The van der Waals surface area contributed by atoms with Gasteiger partial charge in [-0.25, -0.2) is 8.42 Å². The third-order valence-corrected chi connectivity index (χ3v) is 3.64. The van der Waals surface area contributed by atoms with E-state index in [0.717, 1.165) is 18.2 Å². The molecule has 0 atom stereocenters. The van der Waals surface area contributed by atoms with Gasteiger partial charge in [0.1, 0.15) is 0 Å². The lowest BCUT2D eigenvalue weighted by molar-refractivity contribution is 0.602. The highest BCUT2D eigenvalue weighted by atomic mass is 79.9. The van der Waals surface area contributed by atoms with Crippen LogP contribution < -0.4 is 0 Å². The van der Waals surface area contributed by atoms with Gasteiger partial charge in [-0.05, 0) is 30.5 Å². The lowest BCUT2D eigenvalue weighted by Crippen LogP contribution is -1.97. The summed E-state index contributed by atoms with van der Waals surface area (Å²) in [5.41, 5.74) is 1.18. The van der Waals surface area contributed by atoms with E-state index in [9.17, 15) is 8.42 Å². The molecule has 1 rings (SSSR count). The largest absolute Gasteiger partial charge is 0.224 e. The molecule has 0 saturated heterocycles. The Bertz CT molecular complexity index is 381. The summed E-state index contributed by atoms with van der Waals surface area (Å²) >= 11 is 3.36. The number of hydrogen-bond acceptors (Lipinski definition) is 2. The minimum atomic E-state index is -3.05. The number of alkyl halides is 1. The summed E-state index contributed by atoms with van der Waals surface area (Å²) in [4.78, 5) is 0.389. The molecular formula is C10H13BrO2S. The highest BCUT2D eigenvalue weighted by Crippen LogP contribution is 2.11. The van der Waals surface area contributed by atoms with Crippen molar-refractivity contribution in [2.45, 2.75) is 17.7 Å². The molecular weight excluding hydrogens is 264 g/mol. The van der Waals surface area contributed by atoms with Crippen LogP contribution >= 0.6 is 15.9 Å². The number of aryl methyl sites for hydroxylation is 1. The van der Waals surface area contributed by atoms with Crippen LogP contribution in [-0.4, -0.2) is 20.0 Å². The van der Waals surface area contributed by atoms with Crippen LogP contribution in [0.5, 0.6) is 0 Å². The average Bonchev–Trinajstić information content (AvgIpc) is 2.14. The average molecular weight is 277 g/mol. The van der Waals surface area contributed by atoms with Gasteiger partial charge in [-0.1, -0.05) is 28.1 Å². The second-order valence-corrected chi connectivity index (χ2v) is 6.02. The first-order chi connectivity index (χ1) is 6.54. The molecule has 0 N–H and O–H groups in total. The van der Waals surface area contributed by atoms with Crippen molar-refractivity contribution in [1.82, 2.24) is 0 Å². The van der Waals surface area contributed by atoms with Gasteiger partial charge in [0, 0.05) is 11.6 Å². The van der Waals surface area contributed by atoms with Crippen LogP contribution in [0.2, 0.25) is 0 Å². The maximum atomic E-state index is 11.2. The van der Waals surface area contributed by atoms with E-state index in [1.807, 2.05) is 12.1 Å². The Hall–Kier alpha value is -0.350. The zero-order valence-corrected chi connectivity index (χ0v) is 10.4. The van der Waals surface area contributed by atoms with E-state index < -0.39 is 9.84 Å². The second-order valence-electron chi connectivity index (χ2n) is 3.21. The van der Waals surface area contributed by atoms with E-state index in [0.29, 0.717) is 4.90 Å². The van der Waals surface area contributed by atoms with Crippen molar-refractivity contribution in [3.05, 3.63) is 29.8 Å². The molecule has 0 fully saturated rings. The predicted octanol–water partition coefficient (Wildman–Crippen LogP) is 2.42. The molecule has 0 amide bonds. The quantitative estimate of drug-likeness (QED) is 0.792. The van der Waals surface area contributed by atoms with Gasteiger partial charge in [0.15, 0.2) is 9.84 Å². The summed E-state index contributed by atoms with van der Waals surface area (Å²) in [6, 6.07) is 7.08. The first-order valence-corrected chi connectivity index (χ1v) is 7.40. The molecule has 0 aliphatic rings. The molecule has 1 aromatic rings. The Morgan fingerprint density at radius 1 is 1.21 bits per heavy atom. The zero-order valence-electron chi connectivity index (χ0n) is 8.03. The van der Waals surface area contributed by atoms with Gasteiger partial charge in [-0.3, -0.25) is 0 Å². The lowest BCUT2D eigenvalue weighted by Gasteiger charge is -2.01. The molecule has 0 radical (unpaired) electrons. The van der Waals surface area contributed by atoms with E-state index in [1.54, 1.807) is 12.1 Å². The number of sulfone groups is 1. The minimum Gasteiger partial charge on any atom is -0.224 e. The van der Waals surface area contributed by atoms with Crippen LogP contribution in [0.3, 0.4) is 0 Å². The molecule has 0 spiro atoms. The number of halogens is 1. The molecule has 14 heavy (non-hydrogen) atoms. The monoisotopic (exact) mass is 276 g/mol. The Morgan fingerprint density at radius 2 is 1.79 bits per heavy atom. The van der Waals surface area contributed by atoms with E-state index in [1.165, 1.54) is 11.8 Å². The van der Waals surface area contributed by atoms with Crippen molar-refractivity contribution >= 4 is 25.8 Å². The van der Waals surface area contributed by atoms with Gasteiger partial charge in [0.25, 0.3) is 0 Å². The van der Waals surface area contributed by atoms with Crippen molar-refractivity contribution in [3.8, 4) is 0 Å². The van der Waals surface area contributed by atoms with E-state index in [2.05, 4.69) is 15.9 Å². The summed E-state index contributed by atoms with van der Waals surface area (Å²) < 4.78 is 22.3. The Morgan fingerprint density at radius 3 is 2.21 bits per heavy atom. The Balaban J connectivity index is 2.79. The number of hydrogen-bond donors (Lipinski definition) is 0. The Labute approximate surface area is 93.4 Å². The minimum absolute atomic E-state index is 0.389. The summed E-state index contributed by atoms with van der Waals surface area (Å²) in [5, 5.41) is 0.973. The molecule has 4 heteroatoms. The van der Waals surface area contributed by atoms with Crippen LogP contribution in [0.4, 0.5) is 0 Å². The number of benzene rings is 1. The smallest absolute Gasteiger partial charge is 0.175 e. The van der Waals surface area contributed by atoms with Crippen molar-refractivity contribution in [2.75, 3.05) is 11.6 Å². The van der Waals surface area contributed by atoms with Crippen molar-refractivity contribution in [2.24, 2.45) is 0 Å². The number of rotatable bonds is 4. The fraction of sp³-hybridized carbons (Fsp3) is 0.400. The molecule has 0 aromatic heterocycles. The van der Waals surface area contributed by atoms with Gasteiger partial charge in [-0.15, -0.1) is 0 Å².